The van der Waals surface area contributed by atoms with Crippen molar-refractivity contribution in [1.29, 1.82) is 0 Å². The maximum atomic E-state index is 12.0. The van der Waals surface area contributed by atoms with Crippen LogP contribution in [0.25, 0.3) is 22.3 Å². The highest BCUT2D eigenvalue weighted by Gasteiger charge is 2.30. The van der Waals surface area contributed by atoms with Gasteiger partial charge in [-0.15, -0.1) is 0 Å². The average molecular weight is 293 g/mol. The molecule has 0 saturated heterocycles. The smallest absolute Gasteiger partial charge is 0.284 e. The van der Waals surface area contributed by atoms with E-state index in [1.54, 1.807) is 12.1 Å². The Hall–Kier alpha value is -2.92. The van der Waals surface area contributed by atoms with Crippen LogP contribution < -0.4 is 0 Å². The van der Waals surface area contributed by atoms with E-state index in [0.717, 1.165) is 16.5 Å². The van der Waals surface area contributed by atoms with E-state index in [-0.39, 0.29) is 11.5 Å². The second kappa shape index (κ2) is 4.54. The number of carbonyl (C=O) groups excluding carboxylic acids is 2. The molecule has 5 nitrogen and oxygen atoms in total. The van der Waals surface area contributed by atoms with Crippen molar-refractivity contribution in [2.45, 2.75) is 6.42 Å². The van der Waals surface area contributed by atoms with Crippen molar-refractivity contribution >= 4 is 22.8 Å². The Morgan fingerprint density at radius 2 is 1.86 bits per heavy atom. The quantitative estimate of drug-likeness (QED) is 0.553. The number of furan rings is 1. The minimum atomic E-state index is -0.704. The summed E-state index contributed by atoms with van der Waals surface area (Å²) in [4.78, 5) is 23.5. The normalized spacial score (nSPS) is 14.5. The summed E-state index contributed by atoms with van der Waals surface area (Å²) in [5.41, 5.74) is 2.42. The van der Waals surface area contributed by atoms with Gasteiger partial charge in [0.15, 0.2) is 0 Å². The van der Waals surface area contributed by atoms with Gasteiger partial charge in [-0.2, -0.15) is 5.06 Å². The predicted molar refractivity (Wildman–Crippen MR) is 78.3 cm³/mol. The third-order valence-corrected chi connectivity index (χ3v) is 3.82. The van der Waals surface area contributed by atoms with Crippen molar-refractivity contribution < 1.29 is 19.2 Å². The fraction of sp³-hybridized carbons (Fsp3) is 0.0588. The zero-order chi connectivity index (χ0) is 15.3. The number of fused-ring (bicyclic) bond motifs is 2. The number of carbonyl (C=O) groups is 2. The molecule has 22 heavy (non-hydrogen) atoms. The third-order valence-electron chi connectivity index (χ3n) is 3.82. The first kappa shape index (κ1) is 12.8. The van der Waals surface area contributed by atoms with E-state index < -0.39 is 11.8 Å². The van der Waals surface area contributed by atoms with Crippen LogP contribution >= 0.6 is 0 Å². The number of hydroxylamine groups is 2. The van der Waals surface area contributed by atoms with E-state index in [4.69, 9.17) is 4.42 Å². The van der Waals surface area contributed by atoms with E-state index in [9.17, 15) is 14.8 Å². The Bertz CT molecular complexity index is 892. The van der Waals surface area contributed by atoms with Gasteiger partial charge in [0.1, 0.15) is 11.3 Å². The molecule has 0 aliphatic carbocycles. The maximum Gasteiger partial charge on any atom is 0.284 e. The molecule has 0 fully saturated rings. The summed E-state index contributed by atoms with van der Waals surface area (Å²) in [5.74, 6) is -0.684. The van der Waals surface area contributed by atoms with E-state index in [1.807, 2.05) is 36.4 Å². The lowest BCUT2D eigenvalue weighted by Crippen LogP contribution is -2.39. The van der Waals surface area contributed by atoms with Gasteiger partial charge in [-0.1, -0.05) is 30.3 Å². The van der Waals surface area contributed by atoms with Crippen molar-refractivity contribution in [1.82, 2.24) is 5.06 Å². The van der Waals surface area contributed by atoms with E-state index in [1.165, 1.54) is 0 Å². The molecule has 1 aliphatic heterocycles. The second-order valence-corrected chi connectivity index (χ2v) is 5.21. The average Bonchev–Trinajstić information content (AvgIpc) is 2.96. The molecular formula is C17H11NO4. The molecular weight excluding hydrogens is 282 g/mol. The highest BCUT2D eigenvalue weighted by atomic mass is 16.5. The Labute approximate surface area is 125 Å². The minimum Gasteiger partial charge on any atom is -0.456 e. The lowest BCUT2D eigenvalue weighted by atomic mass is 9.96. The van der Waals surface area contributed by atoms with Gasteiger partial charge in [-0.05, 0) is 23.8 Å². The van der Waals surface area contributed by atoms with Crippen LogP contribution in [-0.4, -0.2) is 22.1 Å². The molecule has 1 aromatic heterocycles. The third kappa shape index (κ3) is 1.83. The van der Waals surface area contributed by atoms with Gasteiger partial charge in [0.05, 0.1) is 6.42 Å². The van der Waals surface area contributed by atoms with Crippen LogP contribution in [0.5, 0.6) is 0 Å². The van der Waals surface area contributed by atoms with Crippen LogP contribution in [0.15, 0.2) is 52.9 Å². The molecule has 5 heteroatoms. The maximum absolute atomic E-state index is 12.0. The Morgan fingerprint density at radius 1 is 1.05 bits per heavy atom. The van der Waals surface area contributed by atoms with Crippen molar-refractivity contribution in [2.24, 2.45) is 0 Å². The summed E-state index contributed by atoms with van der Waals surface area (Å²) in [6.07, 6.45) is 0.0119. The summed E-state index contributed by atoms with van der Waals surface area (Å²) in [7, 11) is 0. The van der Waals surface area contributed by atoms with E-state index in [0.29, 0.717) is 16.9 Å². The highest BCUT2D eigenvalue weighted by Crippen LogP contribution is 2.30. The summed E-state index contributed by atoms with van der Waals surface area (Å²) in [5, 5.41) is 10.6. The molecule has 3 aromatic rings. The highest BCUT2D eigenvalue weighted by molar-refractivity contribution is 6.09. The van der Waals surface area contributed by atoms with E-state index in [2.05, 4.69) is 0 Å². The summed E-state index contributed by atoms with van der Waals surface area (Å²) < 4.78 is 5.77. The lowest BCUT2D eigenvalue weighted by Gasteiger charge is -2.21. The molecule has 0 unspecified atom stereocenters. The Kier molecular flexibility index (Phi) is 2.64. The van der Waals surface area contributed by atoms with Crippen molar-refractivity contribution in [2.75, 3.05) is 0 Å². The second-order valence-electron chi connectivity index (χ2n) is 5.21. The minimum absolute atomic E-state index is 0.0119. The van der Waals surface area contributed by atoms with Gasteiger partial charge in [0, 0.05) is 16.5 Å². The Balaban J connectivity index is 1.84. The number of hydrogen-bond donors (Lipinski definition) is 1. The standard InChI is InChI=1S/C17H11NO4/c19-16-9-10-5-6-12(7-13(10)17(20)18(16)21)15-8-11-3-1-2-4-14(11)22-15/h1-8,21H,9H2. The van der Waals surface area contributed by atoms with Crippen LogP contribution in [0, 0.1) is 0 Å². The molecule has 0 saturated carbocycles. The number of rotatable bonds is 1. The molecule has 2 aromatic carbocycles. The van der Waals surface area contributed by atoms with Gasteiger partial charge in [0.2, 0.25) is 0 Å². The van der Waals surface area contributed by atoms with Gasteiger partial charge in [-0.25, -0.2) is 0 Å². The van der Waals surface area contributed by atoms with Crippen LogP contribution in [-0.2, 0) is 11.2 Å². The fourth-order valence-corrected chi connectivity index (χ4v) is 2.67. The summed E-state index contributed by atoms with van der Waals surface area (Å²) >= 11 is 0. The first-order valence-corrected chi connectivity index (χ1v) is 6.81. The topological polar surface area (TPSA) is 70.8 Å². The largest absolute Gasteiger partial charge is 0.456 e. The number of amides is 2. The SMILES string of the molecule is O=C1Cc2ccc(-c3cc4ccccc4o3)cc2C(=O)N1O. The lowest BCUT2D eigenvalue weighted by molar-refractivity contribution is -0.153. The molecule has 1 N–H and O–H groups in total. The molecule has 0 radical (unpaired) electrons. The Morgan fingerprint density at radius 3 is 2.68 bits per heavy atom. The summed E-state index contributed by atoms with van der Waals surface area (Å²) in [6.45, 7) is 0. The first-order valence-electron chi connectivity index (χ1n) is 6.81. The fourth-order valence-electron chi connectivity index (χ4n) is 2.67. The van der Waals surface area contributed by atoms with Crippen molar-refractivity contribution in [3.05, 3.63) is 59.7 Å². The molecule has 2 amide bonds. The number of para-hydroxylation sites is 1. The number of nitrogens with zero attached hydrogens (tertiary/aromatic N) is 1. The van der Waals surface area contributed by atoms with E-state index >= 15 is 0 Å². The monoisotopic (exact) mass is 293 g/mol. The zero-order valence-corrected chi connectivity index (χ0v) is 11.4. The first-order chi connectivity index (χ1) is 10.6. The van der Waals surface area contributed by atoms with Crippen LogP contribution in [0.3, 0.4) is 0 Å². The molecule has 1 aliphatic rings. The summed E-state index contributed by atoms with van der Waals surface area (Å²) in [6, 6.07) is 14.7. The molecule has 4 rings (SSSR count). The van der Waals surface area contributed by atoms with Crippen molar-refractivity contribution in [3.63, 3.8) is 0 Å². The number of benzene rings is 2. The molecule has 2 heterocycles. The van der Waals surface area contributed by atoms with Crippen molar-refractivity contribution in [3.8, 4) is 11.3 Å². The van der Waals surface area contributed by atoms with Gasteiger partial charge in [0.25, 0.3) is 11.8 Å². The van der Waals surface area contributed by atoms with Gasteiger partial charge < -0.3 is 4.42 Å². The van der Waals surface area contributed by atoms with Gasteiger partial charge >= 0.3 is 0 Å². The number of imide groups is 1. The van der Waals surface area contributed by atoms with Crippen LogP contribution in [0.1, 0.15) is 15.9 Å². The number of hydrogen-bond acceptors (Lipinski definition) is 4. The molecule has 108 valence electrons. The molecule has 0 atom stereocenters. The van der Waals surface area contributed by atoms with Crippen LogP contribution in [0.4, 0.5) is 0 Å². The zero-order valence-electron chi connectivity index (χ0n) is 11.4. The van der Waals surface area contributed by atoms with Gasteiger partial charge in [-0.3, -0.25) is 14.8 Å². The predicted octanol–water partition coefficient (Wildman–Crippen LogP) is 3.01. The molecule has 0 spiro atoms. The molecule has 0 bridgehead atoms. The van der Waals surface area contributed by atoms with Crippen LogP contribution in [0.2, 0.25) is 0 Å².